The third-order valence-electron chi connectivity index (χ3n) is 12.0. The SMILES string of the molecule is c1ccc(-c2cccc(-c3nc(-n4c5ccccc5c5ccccc5c5ccccc5c5ccccc54)nc(-n4c5ccccc5c5cc(-c6ccccc6)ccc54)n3)c2)cc1. The van der Waals surface area contributed by atoms with Gasteiger partial charge in [0.25, 0.3) is 0 Å². The zero-order valence-corrected chi connectivity index (χ0v) is 33.6. The van der Waals surface area contributed by atoms with Crippen molar-refractivity contribution in [1.29, 1.82) is 0 Å². The summed E-state index contributed by atoms with van der Waals surface area (Å²) in [7, 11) is 0. The Kier molecular flexibility index (Phi) is 8.42. The van der Waals surface area contributed by atoms with Crippen LogP contribution in [0, 0.1) is 0 Å². The molecule has 0 atom stereocenters. The molecule has 0 saturated carbocycles. The number of para-hydroxylation sites is 3. The Hall–Kier alpha value is -8.41. The molecule has 0 N–H and O–H groups in total. The molecule has 3 heterocycles. The van der Waals surface area contributed by atoms with Crippen molar-refractivity contribution in [2.75, 3.05) is 0 Å². The van der Waals surface area contributed by atoms with Crippen molar-refractivity contribution in [3.63, 3.8) is 0 Å². The Bertz CT molecular complexity index is 3650. The highest BCUT2D eigenvalue weighted by atomic mass is 15.3. The first-order valence-corrected chi connectivity index (χ1v) is 21.0. The normalized spacial score (nSPS) is 11.5. The van der Waals surface area contributed by atoms with Gasteiger partial charge >= 0.3 is 0 Å². The minimum absolute atomic E-state index is 0.513. The number of hydrogen-bond donors (Lipinski definition) is 0. The van der Waals surface area contributed by atoms with Crippen LogP contribution >= 0.6 is 0 Å². The molecule has 0 fully saturated rings. The van der Waals surface area contributed by atoms with Crippen molar-refractivity contribution in [1.82, 2.24) is 24.1 Å². The van der Waals surface area contributed by atoms with E-state index in [1.807, 2.05) is 6.07 Å². The number of rotatable bonds is 5. The molecule has 62 heavy (non-hydrogen) atoms. The monoisotopic (exact) mass is 791 g/mol. The van der Waals surface area contributed by atoms with Gasteiger partial charge in [0.05, 0.1) is 22.1 Å². The van der Waals surface area contributed by atoms with Gasteiger partial charge in [0, 0.05) is 27.1 Å². The van der Waals surface area contributed by atoms with Crippen LogP contribution in [0.25, 0.3) is 111 Å². The Labute approximate surface area is 357 Å². The lowest BCUT2D eigenvalue weighted by molar-refractivity contribution is 0.891. The van der Waals surface area contributed by atoms with Crippen LogP contribution in [0.3, 0.4) is 0 Å². The van der Waals surface area contributed by atoms with Crippen molar-refractivity contribution in [2.24, 2.45) is 0 Å². The predicted molar refractivity (Wildman–Crippen MR) is 257 cm³/mol. The molecule has 290 valence electrons. The van der Waals surface area contributed by atoms with Gasteiger partial charge in [-0.15, -0.1) is 0 Å². The molecule has 0 saturated heterocycles. The fraction of sp³-hybridized carbons (Fsp3) is 0. The largest absolute Gasteiger partial charge is 0.278 e. The molecule has 0 amide bonds. The van der Waals surface area contributed by atoms with Gasteiger partial charge in [-0.2, -0.15) is 15.0 Å². The second kappa shape index (κ2) is 14.7. The smallest absolute Gasteiger partial charge is 0.240 e. The highest BCUT2D eigenvalue weighted by molar-refractivity contribution is 6.19. The molecule has 12 rings (SSSR count). The van der Waals surface area contributed by atoms with Gasteiger partial charge in [0.1, 0.15) is 0 Å². The summed E-state index contributed by atoms with van der Waals surface area (Å²) >= 11 is 0. The van der Waals surface area contributed by atoms with Gasteiger partial charge in [-0.05, 0) is 80.2 Å². The summed E-state index contributed by atoms with van der Waals surface area (Å²) in [6.45, 7) is 0. The molecule has 0 radical (unpaired) electrons. The third-order valence-corrected chi connectivity index (χ3v) is 12.0. The minimum atomic E-state index is 0.513. The molecule has 0 bridgehead atoms. The van der Waals surface area contributed by atoms with E-state index in [-0.39, 0.29) is 0 Å². The van der Waals surface area contributed by atoms with Gasteiger partial charge in [-0.1, -0.05) is 188 Å². The quantitative estimate of drug-likeness (QED) is 0.174. The molecule has 3 aromatic heterocycles. The average molecular weight is 792 g/mol. The van der Waals surface area contributed by atoms with Crippen LogP contribution in [-0.4, -0.2) is 24.1 Å². The van der Waals surface area contributed by atoms with Crippen LogP contribution in [0.4, 0.5) is 0 Å². The molecule has 0 aliphatic carbocycles. The molecule has 0 spiro atoms. The zero-order chi connectivity index (χ0) is 41.0. The zero-order valence-electron chi connectivity index (χ0n) is 33.6. The lowest BCUT2D eigenvalue weighted by Gasteiger charge is -2.15. The average Bonchev–Trinajstić information content (AvgIpc) is 3.70. The Morgan fingerprint density at radius 3 is 1.08 bits per heavy atom. The van der Waals surface area contributed by atoms with Crippen LogP contribution < -0.4 is 0 Å². The topological polar surface area (TPSA) is 48.5 Å². The fourth-order valence-corrected chi connectivity index (χ4v) is 9.19. The van der Waals surface area contributed by atoms with E-state index in [1.54, 1.807) is 0 Å². The molecule has 9 aromatic carbocycles. The number of hydrogen-bond acceptors (Lipinski definition) is 3. The summed E-state index contributed by atoms with van der Waals surface area (Å²) in [5, 5.41) is 9.02. The van der Waals surface area contributed by atoms with E-state index in [0.29, 0.717) is 17.7 Å². The summed E-state index contributed by atoms with van der Waals surface area (Å²) in [6, 6.07) is 79.4. The van der Waals surface area contributed by atoms with Crippen LogP contribution in [0.2, 0.25) is 0 Å². The maximum Gasteiger partial charge on any atom is 0.240 e. The number of fused-ring (bicyclic) bond motifs is 10. The van der Waals surface area contributed by atoms with Crippen LogP contribution in [0.15, 0.2) is 224 Å². The number of aromatic nitrogens is 5. The number of benzene rings is 9. The molecule has 0 unspecified atom stereocenters. The number of nitrogens with zero attached hydrogens (tertiary/aromatic N) is 5. The standard InChI is InChI=1S/C57H37N5/c1-3-18-38(19-4-1)40-22-17-23-42(36-40)55-58-56(60-57(59-55)62-53-33-16-13-30-49(53)50-37-41(34-35-54(50)62)39-20-5-2-6-21-39)61-51-31-14-11-28-47(51)45-26-9-7-24-43(45)44-25-8-10-27-46(44)48-29-12-15-32-52(48)61/h1-37H. The maximum absolute atomic E-state index is 5.57. The first-order valence-electron chi connectivity index (χ1n) is 21.0. The summed E-state index contributed by atoms with van der Waals surface area (Å²) in [5.41, 5.74) is 9.40. The van der Waals surface area contributed by atoms with E-state index >= 15 is 0 Å². The van der Waals surface area contributed by atoms with Crippen molar-refractivity contribution < 1.29 is 0 Å². The van der Waals surface area contributed by atoms with E-state index in [4.69, 9.17) is 15.0 Å². The second-order valence-electron chi connectivity index (χ2n) is 15.6. The maximum atomic E-state index is 5.57. The van der Waals surface area contributed by atoms with Crippen molar-refractivity contribution in [2.45, 2.75) is 0 Å². The van der Waals surface area contributed by atoms with E-state index in [1.165, 1.54) is 16.3 Å². The summed E-state index contributed by atoms with van der Waals surface area (Å²) < 4.78 is 4.44. The van der Waals surface area contributed by atoms with Gasteiger partial charge in [-0.3, -0.25) is 9.13 Å². The van der Waals surface area contributed by atoms with Gasteiger partial charge in [0.15, 0.2) is 5.82 Å². The van der Waals surface area contributed by atoms with Gasteiger partial charge in [0.2, 0.25) is 11.9 Å². The van der Waals surface area contributed by atoms with E-state index < -0.39 is 0 Å². The van der Waals surface area contributed by atoms with E-state index in [9.17, 15) is 0 Å². The molecule has 0 aliphatic rings. The molecule has 0 aliphatic heterocycles. The summed E-state index contributed by atoms with van der Waals surface area (Å²) in [5.74, 6) is 1.62. The lowest BCUT2D eigenvalue weighted by atomic mass is 10.0. The summed E-state index contributed by atoms with van der Waals surface area (Å²) in [4.78, 5) is 16.5. The first-order chi connectivity index (χ1) is 30.8. The van der Waals surface area contributed by atoms with Crippen molar-refractivity contribution in [3.05, 3.63) is 224 Å². The summed E-state index contributed by atoms with van der Waals surface area (Å²) in [6.07, 6.45) is 0. The Balaban J connectivity index is 1.24. The lowest BCUT2D eigenvalue weighted by Crippen LogP contribution is -2.11. The molecule has 5 nitrogen and oxygen atoms in total. The van der Waals surface area contributed by atoms with Crippen LogP contribution in [-0.2, 0) is 0 Å². The fourth-order valence-electron chi connectivity index (χ4n) is 9.19. The van der Waals surface area contributed by atoms with Crippen LogP contribution in [0.5, 0.6) is 0 Å². The van der Waals surface area contributed by atoms with Crippen molar-refractivity contribution in [3.8, 4) is 45.5 Å². The van der Waals surface area contributed by atoms with Crippen LogP contribution in [0.1, 0.15) is 0 Å². The minimum Gasteiger partial charge on any atom is -0.278 e. The first kappa shape index (κ1) is 35.5. The second-order valence-corrected chi connectivity index (χ2v) is 15.6. The molecular formula is C57H37N5. The van der Waals surface area contributed by atoms with E-state index in [2.05, 4.69) is 228 Å². The van der Waals surface area contributed by atoms with E-state index in [0.717, 1.165) is 76.6 Å². The highest BCUT2D eigenvalue weighted by Gasteiger charge is 2.20. The Morgan fingerprint density at radius 2 is 0.581 bits per heavy atom. The molecule has 5 heteroatoms. The van der Waals surface area contributed by atoms with Crippen molar-refractivity contribution >= 4 is 65.2 Å². The Morgan fingerprint density at radius 1 is 0.226 bits per heavy atom. The molecular weight excluding hydrogens is 755 g/mol. The third kappa shape index (κ3) is 5.90. The molecule has 12 aromatic rings. The predicted octanol–water partition coefficient (Wildman–Crippen LogP) is 14.5. The van der Waals surface area contributed by atoms with Gasteiger partial charge < -0.3 is 0 Å². The van der Waals surface area contributed by atoms with Gasteiger partial charge in [-0.25, -0.2) is 0 Å². The highest BCUT2D eigenvalue weighted by Crippen LogP contribution is 2.37.